The van der Waals surface area contributed by atoms with E-state index in [9.17, 15) is 4.79 Å². The van der Waals surface area contributed by atoms with Crippen LogP contribution in [0.2, 0.25) is 0 Å². The Hall–Kier alpha value is -1.42. The van der Waals surface area contributed by atoms with Crippen LogP contribution >= 0.6 is 0 Å². The van der Waals surface area contributed by atoms with E-state index in [1.165, 1.54) is 0 Å². The van der Waals surface area contributed by atoms with E-state index in [0.717, 1.165) is 38.0 Å². The molecular weight excluding hydrogens is 238 g/mol. The fourth-order valence-corrected chi connectivity index (χ4v) is 2.02. The number of pyridine rings is 1. The van der Waals surface area contributed by atoms with Crippen molar-refractivity contribution < 1.29 is 4.79 Å². The minimum Gasteiger partial charge on any atom is -0.352 e. The lowest BCUT2D eigenvalue weighted by molar-refractivity contribution is -0.121. The number of carbonyl (C=O) groups excluding carboxylic acids is 1. The first-order valence-corrected chi connectivity index (χ1v) is 7.14. The third-order valence-corrected chi connectivity index (χ3v) is 2.95. The van der Waals surface area contributed by atoms with E-state index in [2.05, 4.69) is 29.0 Å². The Morgan fingerprint density at radius 1 is 1.26 bits per heavy atom. The fraction of sp³-hybridized carbons (Fsp3) is 0.600. The Morgan fingerprint density at radius 2 is 2.00 bits per heavy atom. The van der Waals surface area contributed by atoms with E-state index in [-0.39, 0.29) is 5.91 Å². The number of rotatable bonds is 9. The van der Waals surface area contributed by atoms with Gasteiger partial charge in [0, 0.05) is 31.9 Å². The molecule has 0 unspecified atom stereocenters. The van der Waals surface area contributed by atoms with Gasteiger partial charge in [-0.25, -0.2) is 0 Å². The maximum Gasteiger partial charge on any atom is 0.221 e. The van der Waals surface area contributed by atoms with Crippen molar-refractivity contribution in [1.82, 2.24) is 15.2 Å². The first-order valence-electron chi connectivity index (χ1n) is 7.14. The Morgan fingerprint density at radius 3 is 2.58 bits per heavy atom. The summed E-state index contributed by atoms with van der Waals surface area (Å²) in [4.78, 5) is 18.1. The Kier molecular flexibility index (Phi) is 7.82. The average Bonchev–Trinajstić information content (AvgIpc) is 2.44. The second-order valence-corrected chi connectivity index (χ2v) is 4.73. The Labute approximate surface area is 116 Å². The summed E-state index contributed by atoms with van der Waals surface area (Å²) in [6, 6.07) is 3.85. The number of aromatic nitrogens is 1. The lowest BCUT2D eigenvalue weighted by atomic mass is 10.2. The molecule has 106 valence electrons. The van der Waals surface area contributed by atoms with Crippen LogP contribution in [0.25, 0.3) is 0 Å². The zero-order chi connectivity index (χ0) is 13.9. The molecule has 0 atom stereocenters. The maximum atomic E-state index is 11.8. The minimum absolute atomic E-state index is 0.112. The van der Waals surface area contributed by atoms with Crippen molar-refractivity contribution in [3.8, 4) is 0 Å². The molecule has 0 radical (unpaired) electrons. The molecule has 1 heterocycles. The molecule has 4 nitrogen and oxygen atoms in total. The summed E-state index contributed by atoms with van der Waals surface area (Å²) in [5.41, 5.74) is 1.04. The summed E-state index contributed by atoms with van der Waals surface area (Å²) in [6.07, 6.45) is 6.36. The molecular formula is C15H25N3O. The lowest BCUT2D eigenvalue weighted by Crippen LogP contribution is -2.31. The molecule has 4 heteroatoms. The summed E-state index contributed by atoms with van der Waals surface area (Å²) in [5, 5.41) is 2.93. The van der Waals surface area contributed by atoms with Crippen LogP contribution < -0.4 is 5.32 Å². The molecule has 0 aliphatic heterocycles. The highest BCUT2D eigenvalue weighted by atomic mass is 16.1. The van der Waals surface area contributed by atoms with Crippen molar-refractivity contribution in [2.45, 2.75) is 39.7 Å². The van der Waals surface area contributed by atoms with Gasteiger partial charge in [-0.2, -0.15) is 0 Å². The van der Waals surface area contributed by atoms with Crippen LogP contribution in [0.4, 0.5) is 0 Å². The lowest BCUT2D eigenvalue weighted by Gasteiger charge is -2.20. The predicted octanol–water partition coefficient (Wildman–Crippen LogP) is 2.21. The normalized spacial score (nSPS) is 10.7. The molecule has 0 fully saturated rings. The van der Waals surface area contributed by atoms with Gasteiger partial charge in [-0.1, -0.05) is 19.9 Å². The van der Waals surface area contributed by atoms with Crippen LogP contribution in [0.3, 0.4) is 0 Å². The van der Waals surface area contributed by atoms with Gasteiger partial charge >= 0.3 is 0 Å². The summed E-state index contributed by atoms with van der Waals surface area (Å²) in [6.45, 7) is 7.90. The van der Waals surface area contributed by atoms with Gasteiger partial charge in [0.1, 0.15) is 0 Å². The van der Waals surface area contributed by atoms with Crippen molar-refractivity contribution in [3.05, 3.63) is 30.1 Å². The van der Waals surface area contributed by atoms with Gasteiger partial charge in [-0.15, -0.1) is 0 Å². The van der Waals surface area contributed by atoms with Crippen molar-refractivity contribution in [1.29, 1.82) is 0 Å². The molecule has 0 aliphatic rings. The molecule has 1 aromatic rings. The molecule has 1 amide bonds. The molecule has 1 rings (SSSR count). The van der Waals surface area contributed by atoms with E-state index in [0.29, 0.717) is 13.0 Å². The topological polar surface area (TPSA) is 45.2 Å². The number of hydrogen-bond acceptors (Lipinski definition) is 3. The van der Waals surface area contributed by atoms with Crippen LogP contribution in [0.5, 0.6) is 0 Å². The smallest absolute Gasteiger partial charge is 0.221 e. The highest BCUT2D eigenvalue weighted by molar-refractivity contribution is 5.76. The van der Waals surface area contributed by atoms with Crippen LogP contribution in [-0.2, 0) is 11.3 Å². The van der Waals surface area contributed by atoms with Gasteiger partial charge in [0.25, 0.3) is 0 Å². The van der Waals surface area contributed by atoms with Gasteiger partial charge < -0.3 is 10.2 Å². The van der Waals surface area contributed by atoms with E-state index < -0.39 is 0 Å². The van der Waals surface area contributed by atoms with E-state index in [1.54, 1.807) is 12.4 Å². The summed E-state index contributed by atoms with van der Waals surface area (Å²) < 4.78 is 0. The maximum absolute atomic E-state index is 11.8. The second-order valence-electron chi connectivity index (χ2n) is 4.73. The third kappa shape index (κ3) is 6.91. The first-order chi connectivity index (χ1) is 9.26. The highest BCUT2D eigenvalue weighted by Crippen LogP contribution is 1.98. The number of carbonyl (C=O) groups is 1. The molecule has 0 aliphatic carbocycles. The van der Waals surface area contributed by atoms with Gasteiger partial charge in [0.15, 0.2) is 0 Å². The molecule has 0 saturated carbocycles. The number of hydrogen-bond donors (Lipinski definition) is 1. The van der Waals surface area contributed by atoms with Crippen molar-refractivity contribution in [2.24, 2.45) is 0 Å². The molecule has 19 heavy (non-hydrogen) atoms. The average molecular weight is 263 g/mol. The van der Waals surface area contributed by atoms with Gasteiger partial charge in [0.05, 0.1) is 0 Å². The van der Waals surface area contributed by atoms with Crippen LogP contribution in [0, 0.1) is 0 Å². The predicted molar refractivity (Wildman–Crippen MR) is 77.7 cm³/mol. The number of nitrogens with zero attached hydrogens (tertiary/aromatic N) is 2. The van der Waals surface area contributed by atoms with E-state index in [4.69, 9.17) is 0 Å². The molecule has 1 N–H and O–H groups in total. The standard InChI is InChI=1S/C15H25N3O/c1-3-9-18(10-4-2)11-7-15(19)17-13-14-6-5-8-16-12-14/h5-6,8,12H,3-4,7,9-11,13H2,1-2H3,(H,17,19). The number of nitrogens with one attached hydrogen (secondary N) is 1. The summed E-state index contributed by atoms with van der Waals surface area (Å²) >= 11 is 0. The van der Waals surface area contributed by atoms with Crippen molar-refractivity contribution in [2.75, 3.05) is 19.6 Å². The fourth-order valence-electron chi connectivity index (χ4n) is 2.02. The SMILES string of the molecule is CCCN(CCC)CCC(=O)NCc1cccnc1. The van der Waals surface area contributed by atoms with E-state index in [1.807, 2.05) is 12.1 Å². The minimum atomic E-state index is 0.112. The van der Waals surface area contributed by atoms with E-state index >= 15 is 0 Å². The monoisotopic (exact) mass is 263 g/mol. The Bertz CT molecular complexity index is 348. The van der Waals surface area contributed by atoms with Crippen LogP contribution in [0.1, 0.15) is 38.7 Å². The van der Waals surface area contributed by atoms with Gasteiger partial charge in [0.2, 0.25) is 5.91 Å². The first kappa shape index (κ1) is 15.6. The Balaban J connectivity index is 2.23. The quantitative estimate of drug-likeness (QED) is 0.743. The second kappa shape index (κ2) is 9.50. The number of amides is 1. The molecule has 0 aromatic carbocycles. The zero-order valence-electron chi connectivity index (χ0n) is 12.1. The molecule has 0 spiro atoms. The third-order valence-electron chi connectivity index (χ3n) is 2.95. The molecule has 0 saturated heterocycles. The van der Waals surface area contributed by atoms with Crippen molar-refractivity contribution >= 4 is 5.91 Å². The largest absolute Gasteiger partial charge is 0.352 e. The molecule has 1 aromatic heterocycles. The van der Waals surface area contributed by atoms with Gasteiger partial charge in [-0.3, -0.25) is 9.78 Å². The van der Waals surface area contributed by atoms with Crippen molar-refractivity contribution in [3.63, 3.8) is 0 Å². The summed E-state index contributed by atoms with van der Waals surface area (Å²) in [5.74, 6) is 0.112. The molecule has 0 bridgehead atoms. The highest BCUT2D eigenvalue weighted by Gasteiger charge is 2.06. The summed E-state index contributed by atoms with van der Waals surface area (Å²) in [7, 11) is 0. The van der Waals surface area contributed by atoms with Crippen LogP contribution in [-0.4, -0.2) is 35.4 Å². The van der Waals surface area contributed by atoms with Crippen LogP contribution in [0.15, 0.2) is 24.5 Å². The zero-order valence-corrected chi connectivity index (χ0v) is 12.1. The van der Waals surface area contributed by atoms with Gasteiger partial charge in [-0.05, 0) is 37.6 Å².